The minimum atomic E-state index is -1.13. The van der Waals surface area contributed by atoms with E-state index < -0.39 is 29.6 Å². The second kappa shape index (κ2) is 12.6. The Hall–Kier alpha value is -2.75. The summed E-state index contributed by atoms with van der Waals surface area (Å²) in [6.45, 7) is 17.3. The van der Waals surface area contributed by atoms with E-state index in [0.717, 1.165) is 69.7 Å². The highest BCUT2D eigenvalue weighted by atomic mass is 16.5. The van der Waals surface area contributed by atoms with Gasteiger partial charge in [-0.15, -0.1) is 0 Å². The van der Waals surface area contributed by atoms with Crippen LogP contribution in [0.5, 0.6) is 0 Å². The molecule has 9 heteroatoms. The predicted molar refractivity (Wildman–Crippen MR) is 171 cm³/mol. The summed E-state index contributed by atoms with van der Waals surface area (Å²) in [6, 6.07) is 5.12. The molecular formula is C35H51N5O4. The molecule has 8 atom stereocenters. The number of ether oxygens (including phenoxy) is 1. The molecule has 0 unspecified atom stereocenters. The average molecular weight is 606 g/mol. The third-order valence-corrected chi connectivity index (χ3v) is 11.5. The number of hydrogen-bond acceptors (Lipinski definition) is 6. The van der Waals surface area contributed by atoms with Gasteiger partial charge in [-0.2, -0.15) is 0 Å². The van der Waals surface area contributed by atoms with Gasteiger partial charge in [0.25, 0.3) is 0 Å². The number of carbonyl (C=O) groups is 3. The van der Waals surface area contributed by atoms with Crippen molar-refractivity contribution < 1.29 is 19.1 Å². The van der Waals surface area contributed by atoms with Crippen LogP contribution < -0.4 is 10.6 Å². The molecule has 44 heavy (non-hydrogen) atoms. The fourth-order valence-electron chi connectivity index (χ4n) is 8.39. The Morgan fingerprint density at radius 3 is 2.48 bits per heavy atom. The molecule has 0 aromatic heterocycles. The van der Waals surface area contributed by atoms with E-state index in [9.17, 15) is 14.4 Å². The number of fused-ring (bicyclic) bond motifs is 1. The number of carbonyl (C=O) groups excluding carboxylic acids is 3. The van der Waals surface area contributed by atoms with Crippen LogP contribution in [0.15, 0.2) is 30.4 Å². The zero-order valence-electron chi connectivity index (χ0n) is 27.2. The summed E-state index contributed by atoms with van der Waals surface area (Å²) in [6.07, 6.45) is 7.26. The van der Waals surface area contributed by atoms with Gasteiger partial charge in [0, 0.05) is 44.5 Å². The highest BCUT2D eigenvalue weighted by molar-refractivity contribution is 6.02. The number of likely N-dealkylation sites (tertiary alicyclic amines) is 1. The maximum absolute atomic E-state index is 14.4. The number of amides is 3. The number of piperazine rings is 1. The molecule has 1 aromatic rings. The van der Waals surface area contributed by atoms with Gasteiger partial charge >= 0.3 is 0 Å². The zero-order valence-corrected chi connectivity index (χ0v) is 27.2. The van der Waals surface area contributed by atoms with Gasteiger partial charge in [-0.25, -0.2) is 0 Å². The summed E-state index contributed by atoms with van der Waals surface area (Å²) < 4.78 is 6.58. The number of nitrogens with zero attached hydrogens (tertiary/aromatic N) is 3. The third kappa shape index (κ3) is 5.60. The molecule has 1 aliphatic carbocycles. The highest BCUT2D eigenvalue weighted by Crippen LogP contribution is 2.55. The molecule has 1 aromatic carbocycles. The van der Waals surface area contributed by atoms with E-state index in [1.165, 1.54) is 6.42 Å². The Morgan fingerprint density at radius 1 is 1.00 bits per heavy atom. The van der Waals surface area contributed by atoms with Gasteiger partial charge in [0.05, 0.1) is 17.9 Å². The van der Waals surface area contributed by atoms with E-state index in [1.807, 2.05) is 44.2 Å². The molecular weight excluding hydrogens is 554 g/mol. The van der Waals surface area contributed by atoms with Crippen molar-refractivity contribution in [3.8, 4) is 0 Å². The second-order valence-corrected chi connectivity index (χ2v) is 14.0. The summed E-state index contributed by atoms with van der Waals surface area (Å²) in [4.78, 5) is 49.1. The van der Waals surface area contributed by atoms with Gasteiger partial charge < -0.3 is 30.1 Å². The normalized spacial score (nSPS) is 35.2. The lowest BCUT2D eigenvalue weighted by Crippen LogP contribution is -2.58. The fraction of sp³-hybridized carbons (Fsp3) is 0.686. The maximum atomic E-state index is 14.4. The van der Waals surface area contributed by atoms with Gasteiger partial charge in [0.15, 0.2) is 0 Å². The number of aryl methyl sites for hydroxylation is 2. The van der Waals surface area contributed by atoms with E-state index in [4.69, 9.17) is 4.74 Å². The molecule has 2 bridgehead atoms. The summed E-state index contributed by atoms with van der Waals surface area (Å²) in [5, 5.41) is 6.43. The summed E-state index contributed by atoms with van der Waals surface area (Å²) >= 11 is 0. The van der Waals surface area contributed by atoms with Crippen LogP contribution in [0, 0.1) is 37.5 Å². The van der Waals surface area contributed by atoms with Crippen LogP contribution in [0.25, 0.3) is 0 Å². The quantitative estimate of drug-likeness (QED) is 0.420. The summed E-state index contributed by atoms with van der Waals surface area (Å²) in [7, 11) is 0. The standard InChI is InChI=1S/C35H51N5O4/c1-6-38-17-19-39(20-18-38)15-8-16-40-31(33(42)37-27-10-7-9-23(3)25(27)5)35-14-13-28(44-35)29(30(35)34(40)43)32(41)36-26-12-11-22(2)24(4)21-26/h11-14,21,23,25,27-31H,6-10,15-20H2,1-5H3,(H,36,41)(H,37,42)/t23-,25-,27-,28+,29-,30+,31+,35+/m1/s1. The molecule has 4 fully saturated rings. The molecule has 1 spiro atoms. The topological polar surface area (TPSA) is 94.2 Å². The molecule has 6 rings (SSSR count). The lowest BCUT2D eigenvalue weighted by atomic mass is 9.73. The lowest BCUT2D eigenvalue weighted by molar-refractivity contribution is -0.141. The number of benzene rings is 1. The van der Waals surface area contributed by atoms with Gasteiger partial charge in [-0.05, 0) is 74.9 Å². The monoisotopic (exact) mass is 605 g/mol. The van der Waals surface area contributed by atoms with Crippen molar-refractivity contribution in [3.05, 3.63) is 41.5 Å². The van der Waals surface area contributed by atoms with E-state index in [-0.39, 0.29) is 23.8 Å². The van der Waals surface area contributed by atoms with Crippen molar-refractivity contribution in [3.63, 3.8) is 0 Å². The largest absolute Gasteiger partial charge is 0.359 e. The summed E-state index contributed by atoms with van der Waals surface area (Å²) in [5.74, 6) is -1.04. The number of anilines is 1. The first-order chi connectivity index (χ1) is 21.1. The third-order valence-electron chi connectivity index (χ3n) is 11.5. The molecule has 1 saturated carbocycles. The molecule has 240 valence electrons. The second-order valence-electron chi connectivity index (χ2n) is 14.0. The molecule has 4 aliphatic heterocycles. The van der Waals surface area contributed by atoms with E-state index >= 15 is 0 Å². The smallest absolute Gasteiger partial charge is 0.246 e. The molecule has 2 N–H and O–H groups in total. The van der Waals surface area contributed by atoms with Crippen LogP contribution in [-0.4, -0.2) is 102 Å². The van der Waals surface area contributed by atoms with E-state index in [0.29, 0.717) is 24.1 Å². The van der Waals surface area contributed by atoms with Crippen LogP contribution in [0.2, 0.25) is 0 Å². The van der Waals surface area contributed by atoms with Crippen LogP contribution in [0.1, 0.15) is 57.6 Å². The Labute approximate surface area is 262 Å². The van der Waals surface area contributed by atoms with Crippen molar-refractivity contribution in [2.75, 3.05) is 51.1 Å². The first-order valence-corrected chi connectivity index (χ1v) is 16.9. The highest BCUT2D eigenvalue weighted by Gasteiger charge is 2.72. The predicted octanol–water partition coefficient (Wildman–Crippen LogP) is 3.36. The molecule has 3 saturated heterocycles. The van der Waals surface area contributed by atoms with E-state index in [1.54, 1.807) is 4.90 Å². The lowest BCUT2D eigenvalue weighted by Gasteiger charge is -2.38. The average Bonchev–Trinajstić information content (AvgIpc) is 3.65. The molecule has 4 heterocycles. The van der Waals surface area contributed by atoms with Crippen LogP contribution >= 0.6 is 0 Å². The SMILES string of the molecule is CCN1CCN(CCCN2C(=O)[C@@H]3[C@H](C(=O)Nc4ccc(C)c(C)c4)[C@@H]4C=C[C@@]3(O4)[C@@H]2C(=O)N[C@@H]2CCC[C@@H](C)[C@H]2C)CC1. The zero-order chi connectivity index (χ0) is 31.2. The Bertz CT molecular complexity index is 1290. The van der Waals surface area contributed by atoms with Gasteiger partial charge in [-0.1, -0.05) is 51.8 Å². The van der Waals surface area contributed by atoms with Crippen molar-refractivity contribution in [2.45, 2.75) is 84.1 Å². The Morgan fingerprint density at radius 2 is 1.75 bits per heavy atom. The van der Waals surface area contributed by atoms with E-state index in [2.05, 4.69) is 41.2 Å². The van der Waals surface area contributed by atoms with Gasteiger partial charge in [-0.3, -0.25) is 14.4 Å². The van der Waals surface area contributed by atoms with Crippen LogP contribution in [0.4, 0.5) is 5.69 Å². The maximum Gasteiger partial charge on any atom is 0.246 e. The number of rotatable bonds is 9. The first-order valence-electron chi connectivity index (χ1n) is 16.9. The molecule has 5 aliphatic rings. The fourth-order valence-corrected chi connectivity index (χ4v) is 8.39. The van der Waals surface area contributed by atoms with Crippen molar-refractivity contribution in [2.24, 2.45) is 23.7 Å². The minimum absolute atomic E-state index is 0.0694. The molecule has 3 amide bonds. The molecule has 9 nitrogen and oxygen atoms in total. The van der Waals surface area contributed by atoms with Gasteiger partial charge in [0.2, 0.25) is 17.7 Å². The Balaban J connectivity index is 1.23. The number of nitrogens with one attached hydrogen (secondary N) is 2. The van der Waals surface area contributed by atoms with Gasteiger partial charge in [0.1, 0.15) is 11.6 Å². The van der Waals surface area contributed by atoms with Crippen LogP contribution in [-0.2, 0) is 19.1 Å². The van der Waals surface area contributed by atoms with Crippen molar-refractivity contribution >= 4 is 23.4 Å². The van der Waals surface area contributed by atoms with Crippen LogP contribution in [0.3, 0.4) is 0 Å². The van der Waals surface area contributed by atoms with Crippen molar-refractivity contribution in [1.29, 1.82) is 0 Å². The number of hydrogen-bond donors (Lipinski definition) is 2. The first kappa shape index (κ1) is 31.2. The molecule has 0 radical (unpaired) electrons. The van der Waals surface area contributed by atoms with Crippen molar-refractivity contribution in [1.82, 2.24) is 20.0 Å². The number of likely N-dealkylation sites (N-methyl/N-ethyl adjacent to an activating group) is 1. The summed E-state index contributed by atoms with van der Waals surface area (Å²) in [5.41, 5.74) is 1.81. The minimum Gasteiger partial charge on any atom is -0.359 e. The Kier molecular flexibility index (Phi) is 8.92.